The molecule has 1 saturated heterocycles. The molecule has 16 heavy (non-hydrogen) atoms. The van der Waals surface area contributed by atoms with E-state index in [1.807, 2.05) is 18.2 Å². The van der Waals surface area contributed by atoms with E-state index in [2.05, 4.69) is 27.3 Å². The van der Waals surface area contributed by atoms with Crippen molar-refractivity contribution in [2.75, 3.05) is 13.1 Å². The van der Waals surface area contributed by atoms with Crippen LogP contribution in [0.15, 0.2) is 22.7 Å². The number of nitrogens with zero attached hydrogens (tertiary/aromatic N) is 1. The van der Waals surface area contributed by atoms with Crippen LogP contribution in [0.4, 0.5) is 0 Å². The molecule has 1 N–H and O–H groups in total. The van der Waals surface area contributed by atoms with Crippen molar-refractivity contribution < 1.29 is 4.74 Å². The number of benzene rings is 1. The fourth-order valence-corrected chi connectivity index (χ4v) is 2.24. The molecule has 1 heterocycles. The second-order valence-corrected chi connectivity index (χ2v) is 4.65. The number of rotatable bonds is 2. The first kappa shape index (κ1) is 11.4. The standard InChI is InChI=1S/C12H13BrN2O/c13-11-2-1-3-12(10(11)8-14)16-9-4-6-15-7-5-9/h1-3,9,15H,4-7H2. The van der Waals surface area contributed by atoms with Gasteiger partial charge in [0.15, 0.2) is 0 Å². The van der Waals surface area contributed by atoms with Gasteiger partial charge in [-0.05, 0) is 54.0 Å². The van der Waals surface area contributed by atoms with Gasteiger partial charge in [-0.2, -0.15) is 5.26 Å². The van der Waals surface area contributed by atoms with Crippen molar-refractivity contribution in [1.29, 1.82) is 5.26 Å². The maximum Gasteiger partial charge on any atom is 0.138 e. The summed E-state index contributed by atoms with van der Waals surface area (Å²) in [5.41, 5.74) is 0.584. The van der Waals surface area contributed by atoms with Crippen molar-refractivity contribution in [3.8, 4) is 11.8 Å². The summed E-state index contributed by atoms with van der Waals surface area (Å²) in [5.74, 6) is 0.684. The molecule has 2 rings (SSSR count). The van der Waals surface area contributed by atoms with Gasteiger partial charge in [0.05, 0.1) is 0 Å². The van der Waals surface area contributed by atoms with Crippen LogP contribution in [-0.2, 0) is 0 Å². The maximum absolute atomic E-state index is 9.06. The molecular formula is C12H13BrN2O. The topological polar surface area (TPSA) is 45.0 Å². The minimum absolute atomic E-state index is 0.225. The zero-order chi connectivity index (χ0) is 11.4. The Balaban J connectivity index is 2.14. The lowest BCUT2D eigenvalue weighted by Gasteiger charge is -2.24. The first-order chi connectivity index (χ1) is 7.81. The van der Waals surface area contributed by atoms with Gasteiger partial charge in [-0.25, -0.2) is 0 Å². The summed E-state index contributed by atoms with van der Waals surface area (Å²) in [4.78, 5) is 0. The lowest BCUT2D eigenvalue weighted by molar-refractivity contribution is 0.162. The summed E-state index contributed by atoms with van der Waals surface area (Å²) in [6.07, 6.45) is 2.22. The Kier molecular flexibility index (Phi) is 3.81. The molecule has 0 aromatic heterocycles. The summed E-state index contributed by atoms with van der Waals surface area (Å²) in [6.45, 7) is 1.97. The molecule has 0 bridgehead atoms. The molecule has 1 fully saturated rings. The van der Waals surface area contributed by atoms with E-state index in [9.17, 15) is 0 Å². The van der Waals surface area contributed by atoms with Crippen LogP contribution in [-0.4, -0.2) is 19.2 Å². The van der Waals surface area contributed by atoms with E-state index < -0.39 is 0 Å². The molecule has 1 aromatic carbocycles. The number of hydrogen-bond donors (Lipinski definition) is 1. The van der Waals surface area contributed by atoms with Gasteiger partial charge in [0.1, 0.15) is 23.5 Å². The first-order valence-electron chi connectivity index (χ1n) is 5.37. The van der Waals surface area contributed by atoms with Gasteiger partial charge < -0.3 is 10.1 Å². The molecule has 0 saturated carbocycles. The number of nitrogens with one attached hydrogen (secondary N) is 1. The maximum atomic E-state index is 9.06. The fourth-order valence-electron chi connectivity index (χ4n) is 1.80. The van der Waals surface area contributed by atoms with Crippen LogP contribution in [0.2, 0.25) is 0 Å². The van der Waals surface area contributed by atoms with Crippen LogP contribution < -0.4 is 10.1 Å². The lowest BCUT2D eigenvalue weighted by Crippen LogP contribution is -2.34. The molecule has 1 aliphatic heterocycles. The highest BCUT2D eigenvalue weighted by atomic mass is 79.9. The molecule has 0 unspecified atom stereocenters. The third kappa shape index (κ3) is 2.55. The third-order valence-electron chi connectivity index (χ3n) is 2.67. The van der Waals surface area contributed by atoms with E-state index in [-0.39, 0.29) is 6.10 Å². The SMILES string of the molecule is N#Cc1c(Br)cccc1OC1CCNCC1. The van der Waals surface area contributed by atoms with Crippen LogP contribution in [0.5, 0.6) is 5.75 Å². The number of hydrogen-bond acceptors (Lipinski definition) is 3. The van der Waals surface area contributed by atoms with Gasteiger partial charge in [-0.3, -0.25) is 0 Å². The molecule has 0 amide bonds. The minimum atomic E-state index is 0.225. The van der Waals surface area contributed by atoms with E-state index in [0.717, 1.165) is 30.4 Å². The second kappa shape index (κ2) is 5.33. The average Bonchev–Trinajstić information content (AvgIpc) is 2.31. The van der Waals surface area contributed by atoms with E-state index in [0.29, 0.717) is 11.3 Å². The number of ether oxygens (including phenoxy) is 1. The largest absolute Gasteiger partial charge is 0.489 e. The molecule has 0 aliphatic carbocycles. The zero-order valence-electron chi connectivity index (χ0n) is 8.87. The van der Waals surface area contributed by atoms with Crippen LogP contribution in [0.25, 0.3) is 0 Å². The minimum Gasteiger partial charge on any atom is -0.489 e. The van der Waals surface area contributed by atoms with Crippen molar-refractivity contribution in [2.45, 2.75) is 18.9 Å². The predicted molar refractivity (Wildman–Crippen MR) is 65.4 cm³/mol. The molecule has 0 radical (unpaired) electrons. The van der Waals surface area contributed by atoms with E-state index >= 15 is 0 Å². The highest BCUT2D eigenvalue weighted by molar-refractivity contribution is 9.10. The monoisotopic (exact) mass is 280 g/mol. The Morgan fingerprint density at radius 2 is 2.12 bits per heavy atom. The quantitative estimate of drug-likeness (QED) is 0.905. The van der Waals surface area contributed by atoms with Gasteiger partial charge in [0.2, 0.25) is 0 Å². The van der Waals surface area contributed by atoms with Crippen LogP contribution in [0.1, 0.15) is 18.4 Å². The van der Waals surface area contributed by atoms with Crippen LogP contribution >= 0.6 is 15.9 Å². The smallest absolute Gasteiger partial charge is 0.138 e. The van der Waals surface area contributed by atoms with E-state index in [4.69, 9.17) is 10.00 Å². The Morgan fingerprint density at radius 3 is 2.81 bits per heavy atom. The normalized spacial score (nSPS) is 16.8. The van der Waals surface area contributed by atoms with Crippen molar-refractivity contribution in [2.24, 2.45) is 0 Å². The average molecular weight is 281 g/mol. The van der Waals surface area contributed by atoms with Crippen LogP contribution in [0.3, 0.4) is 0 Å². The molecule has 0 atom stereocenters. The fraction of sp³-hybridized carbons (Fsp3) is 0.417. The summed E-state index contributed by atoms with van der Waals surface area (Å²) in [6, 6.07) is 7.76. The Bertz CT molecular complexity index is 408. The molecule has 3 nitrogen and oxygen atoms in total. The highest BCUT2D eigenvalue weighted by Gasteiger charge is 2.16. The molecule has 0 spiro atoms. The van der Waals surface area contributed by atoms with E-state index in [1.165, 1.54) is 0 Å². The van der Waals surface area contributed by atoms with Crippen molar-refractivity contribution in [3.63, 3.8) is 0 Å². The summed E-state index contributed by atoms with van der Waals surface area (Å²) >= 11 is 3.36. The number of piperidine rings is 1. The summed E-state index contributed by atoms with van der Waals surface area (Å²) in [7, 11) is 0. The zero-order valence-corrected chi connectivity index (χ0v) is 10.5. The van der Waals surface area contributed by atoms with Crippen molar-refractivity contribution in [3.05, 3.63) is 28.2 Å². The Hall–Kier alpha value is -1.05. The Labute approximate surface area is 104 Å². The van der Waals surface area contributed by atoms with Gasteiger partial charge in [-0.15, -0.1) is 0 Å². The third-order valence-corrected chi connectivity index (χ3v) is 3.33. The number of halogens is 1. The second-order valence-electron chi connectivity index (χ2n) is 3.79. The molecule has 84 valence electrons. The Morgan fingerprint density at radius 1 is 1.38 bits per heavy atom. The van der Waals surface area contributed by atoms with Crippen LogP contribution in [0, 0.1) is 11.3 Å². The molecule has 4 heteroatoms. The van der Waals surface area contributed by atoms with Gasteiger partial charge in [0, 0.05) is 4.47 Å². The first-order valence-corrected chi connectivity index (χ1v) is 6.16. The van der Waals surface area contributed by atoms with Crippen molar-refractivity contribution in [1.82, 2.24) is 5.32 Å². The number of nitriles is 1. The molecular weight excluding hydrogens is 268 g/mol. The van der Waals surface area contributed by atoms with Gasteiger partial charge >= 0.3 is 0 Å². The molecule has 1 aromatic rings. The molecule has 1 aliphatic rings. The van der Waals surface area contributed by atoms with E-state index in [1.54, 1.807) is 0 Å². The van der Waals surface area contributed by atoms with Gasteiger partial charge in [0.25, 0.3) is 0 Å². The van der Waals surface area contributed by atoms with Crippen molar-refractivity contribution >= 4 is 15.9 Å². The summed E-state index contributed by atoms with van der Waals surface area (Å²) < 4.78 is 6.66. The highest BCUT2D eigenvalue weighted by Crippen LogP contribution is 2.27. The van der Waals surface area contributed by atoms with Gasteiger partial charge in [-0.1, -0.05) is 6.07 Å². The lowest BCUT2D eigenvalue weighted by atomic mass is 10.1. The summed E-state index contributed by atoms with van der Waals surface area (Å²) in [5, 5.41) is 12.3. The predicted octanol–water partition coefficient (Wildman–Crippen LogP) is 2.45.